The van der Waals surface area contributed by atoms with E-state index in [9.17, 15) is 9.90 Å². The van der Waals surface area contributed by atoms with Crippen molar-refractivity contribution in [2.75, 3.05) is 0 Å². The van der Waals surface area contributed by atoms with Gasteiger partial charge in [-0.2, -0.15) is 0 Å². The van der Waals surface area contributed by atoms with Crippen LogP contribution in [-0.4, -0.2) is 22.1 Å². The van der Waals surface area contributed by atoms with Gasteiger partial charge in [-0.25, -0.2) is 9.98 Å². The van der Waals surface area contributed by atoms with Gasteiger partial charge in [-0.1, -0.05) is 41.9 Å². The fraction of sp³-hybridized carbons (Fsp3) is 0.278. The van der Waals surface area contributed by atoms with E-state index in [1.807, 2.05) is 43.5 Å². The summed E-state index contributed by atoms with van der Waals surface area (Å²) >= 11 is 4.81. The molecule has 25 heavy (non-hydrogen) atoms. The molecule has 1 aromatic heterocycles. The molecule has 0 amide bonds. The van der Waals surface area contributed by atoms with Crippen LogP contribution in [0.5, 0.6) is 0 Å². The highest BCUT2D eigenvalue weighted by Gasteiger charge is 2.32. The van der Waals surface area contributed by atoms with E-state index >= 15 is 0 Å². The molecule has 1 aliphatic rings. The first-order valence-electron chi connectivity index (χ1n) is 7.55. The average molecular weight is 486 g/mol. The van der Waals surface area contributed by atoms with Crippen LogP contribution in [0, 0.1) is 5.41 Å². The van der Waals surface area contributed by atoms with Gasteiger partial charge in [0, 0.05) is 34.5 Å². The summed E-state index contributed by atoms with van der Waals surface area (Å²) in [5.74, 6) is 0.0434. The first-order valence-corrected chi connectivity index (χ1v) is 9.22. The molecule has 4 nitrogen and oxygen atoms in total. The summed E-state index contributed by atoms with van der Waals surface area (Å²) in [5.41, 5.74) is 1.95. The van der Waals surface area contributed by atoms with Gasteiger partial charge in [-0.3, -0.25) is 4.79 Å². The largest absolute Gasteiger partial charge is 0.511 e. The van der Waals surface area contributed by atoms with Crippen molar-refractivity contribution in [3.63, 3.8) is 0 Å². The number of benzene rings is 1. The number of ketones is 1. The zero-order valence-electron chi connectivity index (χ0n) is 13.8. The van der Waals surface area contributed by atoms with Crippen LogP contribution in [-0.2, 0) is 4.79 Å². The normalized spacial score (nSPS) is 17.0. The van der Waals surface area contributed by atoms with Crippen molar-refractivity contribution in [1.29, 1.82) is 0 Å². The summed E-state index contributed by atoms with van der Waals surface area (Å²) in [4.78, 5) is 20.9. The van der Waals surface area contributed by atoms with E-state index in [0.29, 0.717) is 23.5 Å². The van der Waals surface area contributed by atoms with Crippen LogP contribution >= 0.6 is 44.2 Å². The number of carbonyl (C=O) groups excluding carboxylic acids is 1. The second-order valence-corrected chi connectivity index (χ2v) is 8.33. The van der Waals surface area contributed by atoms with Gasteiger partial charge >= 0.3 is 0 Å². The molecule has 0 bridgehead atoms. The lowest BCUT2D eigenvalue weighted by Gasteiger charge is -2.28. The van der Waals surface area contributed by atoms with E-state index in [4.69, 9.17) is 0 Å². The monoisotopic (exact) mass is 484 g/mol. The molecule has 1 N–H and O–H groups in total. The van der Waals surface area contributed by atoms with Crippen LogP contribution in [0.1, 0.15) is 26.7 Å². The highest BCUT2D eigenvalue weighted by atomic mass is 79.9. The Bertz CT molecular complexity index is 839. The number of aliphatic imine (C=N–C) groups is 1. The molecule has 0 saturated heterocycles. The Hall–Kier alpha value is -1.31. The van der Waals surface area contributed by atoms with Crippen LogP contribution in [0.2, 0.25) is 0 Å². The number of aliphatic hydroxyl groups is 1. The lowest BCUT2D eigenvalue weighted by atomic mass is 9.77. The molecular weight excluding hydrogens is 468 g/mol. The lowest BCUT2D eigenvalue weighted by Crippen LogP contribution is -2.26. The summed E-state index contributed by atoms with van der Waals surface area (Å²) < 4.78 is 1.01. The summed E-state index contributed by atoms with van der Waals surface area (Å²) in [6.45, 7) is 3.95. The van der Waals surface area contributed by atoms with Crippen LogP contribution in [0.4, 0.5) is 5.13 Å². The van der Waals surface area contributed by atoms with Crippen molar-refractivity contribution in [1.82, 2.24) is 4.98 Å². The lowest BCUT2D eigenvalue weighted by molar-refractivity contribution is -0.117. The fourth-order valence-electron chi connectivity index (χ4n) is 2.64. The summed E-state index contributed by atoms with van der Waals surface area (Å²) in [5, 5.41) is 12.6. The maximum absolute atomic E-state index is 12.2. The van der Waals surface area contributed by atoms with Crippen molar-refractivity contribution in [3.8, 4) is 11.3 Å². The van der Waals surface area contributed by atoms with Gasteiger partial charge in [0.25, 0.3) is 0 Å². The van der Waals surface area contributed by atoms with Crippen LogP contribution in [0.3, 0.4) is 0 Å². The number of allylic oxidation sites excluding steroid dienone is 2. The number of carbonyl (C=O) groups is 1. The minimum absolute atomic E-state index is 0. The second kappa shape index (κ2) is 7.93. The minimum atomic E-state index is -0.200. The molecule has 1 heterocycles. The Labute approximate surface area is 169 Å². The van der Waals surface area contributed by atoms with Gasteiger partial charge in [0.1, 0.15) is 5.76 Å². The van der Waals surface area contributed by atoms with Crippen LogP contribution in [0.25, 0.3) is 11.3 Å². The quantitative estimate of drug-likeness (QED) is 0.538. The van der Waals surface area contributed by atoms with Crippen molar-refractivity contribution in [2.45, 2.75) is 26.7 Å². The molecule has 132 valence electrons. The third-order valence-corrected chi connectivity index (χ3v) is 5.11. The van der Waals surface area contributed by atoms with E-state index in [-0.39, 0.29) is 33.9 Å². The zero-order valence-corrected chi connectivity index (χ0v) is 17.9. The number of halogens is 2. The average Bonchev–Trinajstić information content (AvgIpc) is 2.95. The summed E-state index contributed by atoms with van der Waals surface area (Å²) in [7, 11) is 0. The first kappa shape index (κ1) is 20.0. The van der Waals surface area contributed by atoms with E-state index in [1.54, 1.807) is 0 Å². The molecule has 3 rings (SSSR count). The third kappa shape index (κ3) is 4.86. The van der Waals surface area contributed by atoms with Gasteiger partial charge in [0.2, 0.25) is 5.13 Å². The number of hydrogen-bond acceptors (Lipinski definition) is 5. The Morgan fingerprint density at radius 1 is 1.28 bits per heavy atom. The maximum Gasteiger partial charge on any atom is 0.209 e. The van der Waals surface area contributed by atoms with Gasteiger partial charge in [-0.05, 0) is 17.5 Å². The molecule has 1 aromatic carbocycles. The highest BCUT2D eigenvalue weighted by molar-refractivity contribution is 9.10. The Morgan fingerprint density at radius 3 is 2.60 bits per heavy atom. The van der Waals surface area contributed by atoms with Crippen LogP contribution in [0.15, 0.2) is 50.4 Å². The minimum Gasteiger partial charge on any atom is -0.511 e. The number of hydrogen-bond donors (Lipinski definition) is 1. The summed E-state index contributed by atoms with van der Waals surface area (Å²) in [6, 6.07) is 7.88. The Kier molecular flexibility index (Phi) is 6.35. The topological polar surface area (TPSA) is 62.5 Å². The molecule has 0 saturated carbocycles. The Morgan fingerprint density at radius 2 is 1.96 bits per heavy atom. The molecule has 0 fully saturated rings. The third-order valence-electron chi connectivity index (χ3n) is 3.83. The predicted octanol–water partition coefficient (Wildman–Crippen LogP) is 6.05. The number of Topliss-reactive ketones (excluding diaryl/α,β-unsaturated/α-hetero) is 1. The molecule has 2 aromatic rings. The van der Waals surface area contributed by atoms with Gasteiger partial charge in [-0.15, -0.1) is 28.3 Å². The van der Waals surface area contributed by atoms with E-state index in [0.717, 1.165) is 15.7 Å². The highest BCUT2D eigenvalue weighted by Crippen LogP contribution is 2.35. The molecular formula is C18H18Br2N2O2S. The SMILES string of the molecule is Br.CC1(C)CC(=O)C(/C=N/c2nc(-c3ccc(Br)cc3)cs2)=C(O)C1. The second-order valence-electron chi connectivity index (χ2n) is 6.58. The number of rotatable bonds is 3. The zero-order chi connectivity index (χ0) is 17.3. The van der Waals surface area contributed by atoms with Gasteiger partial charge < -0.3 is 5.11 Å². The molecule has 0 atom stereocenters. The molecule has 7 heteroatoms. The number of aliphatic hydroxyl groups excluding tert-OH is 1. The standard InChI is InChI=1S/C18H17BrN2O2S.BrH/c1-18(2)7-15(22)13(16(23)8-18)9-20-17-21-14(10-24-17)11-3-5-12(19)6-4-11;/h3-6,9-10,22H,7-8H2,1-2H3;1H/b20-9+;. The Balaban J connectivity index is 0.00000225. The fourth-order valence-corrected chi connectivity index (χ4v) is 3.58. The van der Waals surface area contributed by atoms with E-state index in [2.05, 4.69) is 25.9 Å². The van der Waals surface area contributed by atoms with Crippen molar-refractivity contribution < 1.29 is 9.90 Å². The summed E-state index contributed by atoms with van der Waals surface area (Å²) in [6.07, 6.45) is 2.35. The van der Waals surface area contributed by atoms with Gasteiger partial charge in [0.05, 0.1) is 11.3 Å². The first-order chi connectivity index (χ1) is 11.3. The molecule has 1 aliphatic carbocycles. The molecule has 0 spiro atoms. The van der Waals surface area contributed by atoms with E-state index < -0.39 is 0 Å². The smallest absolute Gasteiger partial charge is 0.209 e. The maximum atomic E-state index is 12.2. The van der Waals surface area contributed by atoms with Crippen molar-refractivity contribution in [3.05, 3.63) is 45.5 Å². The number of thiazole rings is 1. The van der Waals surface area contributed by atoms with Crippen molar-refractivity contribution >= 4 is 61.4 Å². The number of aromatic nitrogens is 1. The molecule has 0 aliphatic heterocycles. The number of nitrogens with zero attached hydrogens (tertiary/aromatic N) is 2. The van der Waals surface area contributed by atoms with Crippen LogP contribution < -0.4 is 0 Å². The van der Waals surface area contributed by atoms with Crippen molar-refractivity contribution in [2.24, 2.45) is 10.4 Å². The van der Waals surface area contributed by atoms with Gasteiger partial charge in [0.15, 0.2) is 5.78 Å². The molecule has 0 radical (unpaired) electrons. The predicted molar refractivity (Wildman–Crippen MR) is 111 cm³/mol. The molecule has 0 unspecified atom stereocenters. The van der Waals surface area contributed by atoms with E-state index in [1.165, 1.54) is 17.6 Å².